The highest BCUT2D eigenvalue weighted by Gasteiger charge is 2.04. The molecule has 0 aliphatic carbocycles. The van der Waals surface area contributed by atoms with Gasteiger partial charge in [0, 0.05) is 11.5 Å². The third-order valence-corrected chi connectivity index (χ3v) is 8.94. The van der Waals surface area contributed by atoms with Crippen molar-refractivity contribution in [1.82, 2.24) is 0 Å². The van der Waals surface area contributed by atoms with Crippen molar-refractivity contribution in [2.45, 2.75) is 51.4 Å². The van der Waals surface area contributed by atoms with Crippen LogP contribution in [0.15, 0.2) is 0 Å². The summed E-state index contributed by atoms with van der Waals surface area (Å²) >= 11 is 1.79. The Morgan fingerprint density at radius 3 is 1.29 bits per heavy atom. The van der Waals surface area contributed by atoms with Crippen molar-refractivity contribution < 1.29 is 18.0 Å². The van der Waals surface area contributed by atoms with Crippen molar-refractivity contribution >= 4 is 76.2 Å². The maximum absolute atomic E-state index is 11.2. The normalized spacial score (nSPS) is 10.9. The zero-order valence-electron chi connectivity index (χ0n) is 14.2. The maximum Gasteiger partial charge on any atom is 0.283 e. The second-order valence-corrected chi connectivity index (χ2v) is 11.7. The van der Waals surface area contributed by atoms with Crippen molar-refractivity contribution in [1.29, 1.82) is 0 Å². The van der Waals surface area contributed by atoms with E-state index in [1.54, 1.807) is 21.6 Å². The van der Waals surface area contributed by atoms with E-state index in [-0.39, 0.29) is 8.89 Å². The van der Waals surface area contributed by atoms with E-state index in [1.165, 1.54) is 87.2 Å². The number of unbranched alkanes of at least 4 members (excludes halogenated alkanes) is 7. The molecule has 0 aromatic rings. The Morgan fingerprint density at radius 1 is 0.625 bits per heavy atom. The first-order valence-electron chi connectivity index (χ1n) is 7.79. The molecule has 0 amide bonds. The highest BCUT2D eigenvalue weighted by molar-refractivity contribution is 8.86. The molecule has 142 valence electrons. The summed E-state index contributed by atoms with van der Waals surface area (Å²) in [6.45, 7) is 0. The van der Waals surface area contributed by atoms with Crippen LogP contribution >= 0.6 is 67.3 Å². The van der Waals surface area contributed by atoms with E-state index in [0.717, 1.165) is 35.6 Å². The summed E-state index contributed by atoms with van der Waals surface area (Å²) in [5.74, 6) is 2.05. The minimum atomic E-state index is 0.0147. The van der Waals surface area contributed by atoms with Crippen LogP contribution in [0.1, 0.15) is 51.4 Å². The first-order valence-corrected chi connectivity index (χ1v) is 13.9. The highest BCUT2D eigenvalue weighted by atomic mass is 33.1. The first-order chi connectivity index (χ1) is 11.7. The van der Waals surface area contributed by atoms with Crippen LogP contribution in [0, 0.1) is 0 Å². The molecule has 0 aliphatic heterocycles. The van der Waals surface area contributed by atoms with Gasteiger partial charge in [-0.2, -0.15) is 0 Å². The molecule has 24 heavy (non-hydrogen) atoms. The second-order valence-electron chi connectivity index (χ2n) is 4.64. The fourth-order valence-electron chi connectivity index (χ4n) is 1.73. The maximum atomic E-state index is 11.2. The summed E-state index contributed by atoms with van der Waals surface area (Å²) in [7, 11) is 8.78. The fraction of sp³-hybridized carbons (Fsp3) is 0.857. The lowest BCUT2D eigenvalue weighted by atomic mass is 10.1. The third-order valence-electron chi connectivity index (χ3n) is 2.76. The van der Waals surface area contributed by atoms with Gasteiger partial charge in [-0.15, -0.1) is 0 Å². The fourth-order valence-corrected chi connectivity index (χ4v) is 6.78. The monoisotopic (exact) mass is 450 g/mol. The van der Waals surface area contributed by atoms with E-state index in [9.17, 15) is 9.59 Å². The predicted octanol–water partition coefficient (Wildman–Crippen LogP) is 7.70. The van der Waals surface area contributed by atoms with E-state index in [2.05, 4.69) is 0 Å². The smallest absolute Gasteiger partial charge is 0.283 e. The topological polar surface area (TPSA) is 52.6 Å². The molecule has 0 atom stereocenters. The summed E-state index contributed by atoms with van der Waals surface area (Å²) in [5, 5.41) is 0. The Morgan fingerprint density at radius 2 is 0.958 bits per heavy atom. The zero-order valence-corrected chi connectivity index (χ0v) is 19.1. The minimum Gasteiger partial charge on any atom is -0.311 e. The van der Waals surface area contributed by atoms with Crippen LogP contribution in [-0.2, 0) is 8.37 Å². The van der Waals surface area contributed by atoms with Crippen LogP contribution in [-0.4, -0.2) is 34.6 Å². The number of carbonyl (C=O) groups is 2. The molecule has 0 bridgehead atoms. The van der Waals surface area contributed by atoms with Gasteiger partial charge in [0.25, 0.3) is 8.89 Å². The number of rotatable bonds is 15. The van der Waals surface area contributed by atoms with Gasteiger partial charge < -0.3 is 8.37 Å². The standard InChI is InChI=1S/C14H26O4S6/c1-17-21-13(15)23-19-11-9-7-5-3-4-6-8-10-12-20-24-14(16)22-18-2/h3-12H2,1-2H3. The van der Waals surface area contributed by atoms with E-state index >= 15 is 0 Å². The Hall–Kier alpha value is 1.36. The lowest BCUT2D eigenvalue weighted by Crippen LogP contribution is -1.85. The lowest BCUT2D eigenvalue weighted by Gasteiger charge is -2.02. The summed E-state index contributed by atoms with van der Waals surface area (Å²) in [6, 6.07) is 0. The minimum absolute atomic E-state index is 0.0147. The average molecular weight is 451 g/mol. The second kappa shape index (κ2) is 20.7. The van der Waals surface area contributed by atoms with Crippen LogP contribution in [0.25, 0.3) is 0 Å². The molecule has 0 heterocycles. The van der Waals surface area contributed by atoms with Crippen molar-refractivity contribution in [3.63, 3.8) is 0 Å². The van der Waals surface area contributed by atoms with Crippen LogP contribution in [0.2, 0.25) is 0 Å². The van der Waals surface area contributed by atoms with Crippen molar-refractivity contribution in [2.75, 3.05) is 25.7 Å². The summed E-state index contributed by atoms with van der Waals surface area (Å²) in [5.41, 5.74) is 0. The lowest BCUT2D eigenvalue weighted by molar-refractivity contribution is 0.274. The molecule has 4 nitrogen and oxygen atoms in total. The molecule has 10 heteroatoms. The Kier molecular flexibility index (Phi) is 21.8. The molecule has 0 saturated heterocycles. The molecule has 0 aliphatic rings. The van der Waals surface area contributed by atoms with Gasteiger partial charge in [-0.25, -0.2) is 0 Å². The Balaban J connectivity index is 3.10. The summed E-state index contributed by atoms with van der Waals surface area (Å²) in [4.78, 5) is 22.3. The number of carbonyl (C=O) groups excluding carboxylic acids is 2. The van der Waals surface area contributed by atoms with Crippen LogP contribution in [0.3, 0.4) is 0 Å². The van der Waals surface area contributed by atoms with E-state index < -0.39 is 0 Å². The molecule has 0 spiro atoms. The SMILES string of the molecule is COSC(=O)SSCCCCCCCCCCSSC(=O)SOC. The van der Waals surface area contributed by atoms with Gasteiger partial charge in [-0.3, -0.25) is 9.59 Å². The molecule has 0 saturated carbocycles. The van der Waals surface area contributed by atoms with Gasteiger partial charge in [0.1, 0.15) is 0 Å². The summed E-state index contributed by atoms with van der Waals surface area (Å²) < 4.78 is 9.42. The quantitative estimate of drug-likeness (QED) is 0.141. The predicted molar refractivity (Wildman–Crippen MR) is 117 cm³/mol. The van der Waals surface area contributed by atoms with Gasteiger partial charge in [-0.1, -0.05) is 60.1 Å². The van der Waals surface area contributed by atoms with Gasteiger partial charge in [0.05, 0.1) is 38.3 Å². The van der Waals surface area contributed by atoms with E-state index in [1.807, 2.05) is 0 Å². The molecule has 0 rings (SSSR count). The van der Waals surface area contributed by atoms with Crippen molar-refractivity contribution in [3.8, 4) is 0 Å². The van der Waals surface area contributed by atoms with E-state index in [4.69, 9.17) is 8.37 Å². The molecule has 0 N–H and O–H groups in total. The van der Waals surface area contributed by atoms with Crippen LogP contribution < -0.4 is 0 Å². The molecule has 0 aromatic carbocycles. The Labute approximate surface area is 170 Å². The third kappa shape index (κ3) is 19.7. The van der Waals surface area contributed by atoms with Crippen LogP contribution in [0.5, 0.6) is 0 Å². The summed E-state index contributed by atoms with van der Waals surface area (Å²) in [6.07, 6.45) is 9.96. The number of hydrogen-bond donors (Lipinski definition) is 0. The zero-order chi connectivity index (χ0) is 17.9. The van der Waals surface area contributed by atoms with Crippen molar-refractivity contribution in [3.05, 3.63) is 0 Å². The van der Waals surface area contributed by atoms with Gasteiger partial charge in [0.2, 0.25) is 0 Å². The number of hydrogen-bond acceptors (Lipinski definition) is 10. The molecular formula is C14H26O4S6. The van der Waals surface area contributed by atoms with E-state index in [0.29, 0.717) is 0 Å². The van der Waals surface area contributed by atoms with Crippen LogP contribution in [0.4, 0.5) is 9.59 Å². The molecule has 0 radical (unpaired) electrons. The highest BCUT2D eigenvalue weighted by Crippen LogP contribution is 2.30. The molecule has 0 fully saturated rings. The average Bonchev–Trinajstić information content (AvgIpc) is 2.55. The van der Waals surface area contributed by atoms with Crippen molar-refractivity contribution in [2.24, 2.45) is 0 Å². The molecular weight excluding hydrogens is 425 g/mol. The van der Waals surface area contributed by atoms with Gasteiger partial charge in [0.15, 0.2) is 0 Å². The molecule has 0 unspecified atom stereocenters. The van der Waals surface area contributed by atoms with Gasteiger partial charge in [-0.05, 0) is 34.4 Å². The Bertz CT molecular complexity index is 290. The molecule has 0 aromatic heterocycles. The largest absolute Gasteiger partial charge is 0.311 e. The van der Waals surface area contributed by atoms with Gasteiger partial charge >= 0.3 is 0 Å². The first kappa shape index (κ1) is 25.4.